The van der Waals surface area contributed by atoms with Crippen LogP contribution >= 0.6 is 0 Å². The third-order valence-corrected chi connectivity index (χ3v) is 3.24. The molecule has 98 valence electrons. The molecule has 1 aliphatic heterocycles. The maximum absolute atomic E-state index is 11.9. The minimum atomic E-state index is -0.0557. The molecule has 1 heterocycles. The van der Waals surface area contributed by atoms with E-state index in [4.69, 9.17) is 10.5 Å². The molecule has 0 saturated heterocycles. The van der Waals surface area contributed by atoms with Gasteiger partial charge in [-0.2, -0.15) is 0 Å². The van der Waals surface area contributed by atoms with Gasteiger partial charge in [-0.15, -0.1) is 0 Å². The summed E-state index contributed by atoms with van der Waals surface area (Å²) in [4.78, 5) is 15.8. The number of carbonyl (C=O) groups excluding carboxylic acids is 1. The Labute approximate surface area is 107 Å². The lowest BCUT2D eigenvalue weighted by Crippen LogP contribution is -2.36. The number of nitrogens with zero attached hydrogens (tertiary/aromatic N) is 2. The fourth-order valence-electron chi connectivity index (χ4n) is 2.25. The number of hydrogen-bond donors (Lipinski definition) is 1. The van der Waals surface area contributed by atoms with E-state index in [0.29, 0.717) is 6.54 Å². The van der Waals surface area contributed by atoms with Gasteiger partial charge in [-0.1, -0.05) is 0 Å². The standard InChI is InChI=1S/C13H19N3O2/c1-15-6-3-7-16(13(17)9-14)12-8-10(18-2)4-5-11(12)15/h4-5,8H,3,6-7,9,14H2,1-2H3. The Hall–Kier alpha value is -1.75. The lowest BCUT2D eigenvalue weighted by molar-refractivity contribution is -0.117. The second-order valence-electron chi connectivity index (χ2n) is 4.38. The first-order valence-electron chi connectivity index (χ1n) is 6.07. The number of carbonyl (C=O) groups is 1. The number of amides is 1. The van der Waals surface area contributed by atoms with Crippen LogP contribution in [0.4, 0.5) is 11.4 Å². The quantitative estimate of drug-likeness (QED) is 0.843. The summed E-state index contributed by atoms with van der Waals surface area (Å²) in [6.07, 6.45) is 0.930. The molecule has 1 aromatic rings. The SMILES string of the molecule is COc1ccc2c(c1)N(C(=O)CN)CCCN2C. The molecule has 0 spiro atoms. The molecule has 1 amide bonds. The number of fused-ring (bicyclic) bond motifs is 1. The molecule has 0 aromatic heterocycles. The Balaban J connectivity index is 2.48. The molecule has 0 radical (unpaired) electrons. The van der Waals surface area contributed by atoms with Crippen molar-refractivity contribution < 1.29 is 9.53 Å². The third kappa shape index (κ3) is 2.26. The van der Waals surface area contributed by atoms with Gasteiger partial charge in [0.1, 0.15) is 5.75 Å². The van der Waals surface area contributed by atoms with Crippen LogP contribution in [0.5, 0.6) is 5.75 Å². The number of methoxy groups -OCH3 is 1. The highest BCUT2D eigenvalue weighted by atomic mass is 16.5. The number of ether oxygens (including phenoxy) is 1. The van der Waals surface area contributed by atoms with Gasteiger partial charge in [0.05, 0.1) is 25.0 Å². The summed E-state index contributed by atoms with van der Waals surface area (Å²) in [6, 6.07) is 5.78. The fourth-order valence-corrected chi connectivity index (χ4v) is 2.25. The number of benzene rings is 1. The average Bonchev–Trinajstić information content (AvgIpc) is 2.57. The van der Waals surface area contributed by atoms with Crippen LogP contribution in [0.1, 0.15) is 6.42 Å². The van der Waals surface area contributed by atoms with Crippen LogP contribution < -0.4 is 20.3 Å². The first-order chi connectivity index (χ1) is 8.67. The molecule has 5 heteroatoms. The second kappa shape index (κ2) is 5.27. The van der Waals surface area contributed by atoms with E-state index >= 15 is 0 Å². The van der Waals surface area contributed by atoms with E-state index < -0.39 is 0 Å². The molecule has 2 rings (SSSR count). The van der Waals surface area contributed by atoms with Gasteiger partial charge in [0.2, 0.25) is 5.91 Å². The van der Waals surface area contributed by atoms with Gasteiger partial charge >= 0.3 is 0 Å². The van der Waals surface area contributed by atoms with Crippen LogP contribution in [0.3, 0.4) is 0 Å². The summed E-state index contributed by atoms with van der Waals surface area (Å²) in [6.45, 7) is 1.65. The molecule has 0 fully saturated rings. The Bertz CT molecular complexity index is 448. The van der Waals surface area contributed by atoms with Crippen LogP contribution in [0.2, 0.25) is 0 Å². The lowest BCUT2D eigenvalue weighted by Gasteiger charge is -2.24. The van der Waals surface area contributed by atoms with Gasteiger partial charge in [-0.05, 0) is 18.6 Å². The normalized spacial score (nSPS) is 15.1. The van der Waals surface area contributed by atoms with E-state index in [0.717, 1.165) is 30.1 Å². The Morgan fingerprint density at radius 3 is 2.83 bits per heavy atom. The summed E-state index contributed by atoms with van der Waals surface area (Å²) in [5, 5.41) is 0. The summed E-state index contributed by atoms with van der Waals surface area (Å²) in [7, 11) is 3.65. The lowest BCUT2D eigenvalue weighted by atomic mass is 10.2. The predicted octanol–water partition coefficient (Wildman–Crippen LogP) is 0.827. The number of hydrogen-bond acceptors (Lipinski definition) is 4. The molecule has 0 saturated carbocycles. The summed E-state index contributed by atoms with van der Waals surface area (Å²) >= 11 is 0. The molecule has 0 atom stereocenters. The molecule has 1 aromatic carbocycles. The Morgan fingerprint density at radius 1 is 1.39 bits per heavy atom. The van der Waals surface area contributed by atoms with Gasteiger partial charge in [0.25, 0.3) is 0 Å². The summed E-state index contributed by atoms with van der Waals surface area (Å²) < 4.78 is 5.23. The van der Waals surface area contributed by atoms with Crippen molar-refractivity contribution in [2.75, 3.05) is 43.6 Å². The molecule has 1 aliphatic rings. The van der Waals surface area contributed by atoms with Gasteiger partial charge in [0.15, 0.2) is 0 Å². The minimum absolute atomic E-state index is 0.0281. The zero-order valence-electron chi connectivity index (χ0n) is 10.8. The highest BCUT2D eigenvalue weighted by molar-refractivity contribution is 5.98. The summed E-state index contributed by atoms with van der Waals surface area (Å²) in [5.41, 5.74) is 7.40. The van der Waals surface area contributed by atoms with Gasteiger partial charge in [-0.3, -0.25) is 4.79 Å². The van der Waals surface area contributed by atoms with Crippen LogP contribution in [-0.4, -0.2) is 39.7 Å². The highest BCUT2D eigenvalue weighted by Crippen LogP contribution is 2.34. The van der Waals surface area contributed by atoms with Crippen molar-refractivity contribution >= 4 is 17.3 Å². The number of anilines is 2. The Morgan fingerprint density at radius 2 is 2.17 bits per heavy atom. The fraction of sp³-hybridized carbons (Fsp3) is 0.462. The largest absolute Gasteiger partial charge is 0.497 e. The minimum Gasteiger partial charge on any atom is -0.497 e. The average molecular weight is 249 g/mol. The van der Waals surface area contributed by atoms with Crippen molar-refractivity contribution in [1.29, 1.82) is 0 Å². The Kier molecular flexibility index (Phi) is 3.72. The predicted molar refractivity (Wildman–Crippen MR) is 72.3 cm³/mol. The zero-order chi connectivity index (χ0) is 13.1. The van der Waals surface area contributed by atoms with Gasteiger partial charge < -0.3 is 20.3 Å². The molecular formula is C13H19N3O2. The van der Waals surface area contributed by atoms with Crippen molar-refractivity contribution in [3.8, 4) is 5.75 Å². The van der Waals surface area contributed by atoms with E-state index in [-0.39, 0.29) is 12.5 Å². The van der Waals surface area contributed by atoms with E-state index in [2.05, 4.69) is 4.90 Å². The van der Waals surface area contributed by atoms with Crippen molar-refractivity contribution in [2.45, 2.75) is 6.42 Å². The van der Waals surface area contributed by atoms with Crippen LogP contribution in [0, 0.1) is 0 Å². The molecule has 0 aliphatic carbocycles. The van der Waals surface area contributed by atoms with E-state index in [9.17, 15) is 4.79 Å². The van der Waals surface area contributed by atoms with Crippen molar-refractivity contribution in [1.82, 2.24) is 0 Å². The molecule has 0 unspecified atom stereocenters. The second-order valence-corrected chi connectivity index (χ2v) is 4.38. The maximum atomic E-state index is 11.9. The molecule has 0 bridgehead atoms. The molecule has 18 heavy (non-hydrogen) atoms. The van der Waals surface area contributed by atoms with Gasteiger partial charge in [0, 0.05) is 26.2 Å². The third-order valence-electron chi connectivity index (χ3n) is 3.24. The number of rotatable bonds is 2. The van der Waals surface area contributed by atoms with Crippen LogP contribution in [0.15, 0.2) is 18.2 Å². The molecule has 5 nitrogen and oxygen atoms in total. The zero-order valence-corrected chi connectivity index (χ0v) is 10.8. The van der Waals surface area contributed by atoms with Crippen molar-refractivity contribution in [3.05, 3.63) is 18.2 Å². The summed E-state index contributed by atoms with van der Waals surface area (Å²) in [5.74, 6) is 0.693. The smallest absolute Gasteiger partial charge is 0.240 e. The topological polar surface area (TPSA) is 58.8 Å². The maximum Gasteiger partial charge on any atom is 0.240 e. The van der Waals surface area contributed by atoms with Gasteiger partial charge in [-0.25, -0.2) is 0 Å². The first-order valence-corrected chi connectivity index (χ1v) is 6.07. The van der Waals surface area contributed by atoms with Crippen molar-refractivity contribution in [3.63, 3.8) is 0 Å². The van der Waals surface area contributed by atoms with E-state index in [1.54, 1.807) is 12.0 Å². The highest BCUT2D eigenvalue weighted by Gasteiger charge is 2.22. The molecular weight excluding hydrogens is 230 g/mol. The van der Waals surface area contributed by atoms with Crippen LogP contribution in [0.25, 0.3) is 0 Å². The number of nitrogens with two attached hydrogens (primary N) is 1. The molecule has 2 N–H and O–H groups in total. The van der Waals surface area contributed by atoms with E-state index in [1.807, 2.05) is 25.2 Å². The monoisotopic (exact) mass is 249 g/mol. The first kappa shape index (κ1) is 12.7. The van der Waals surface area contributed by atoms with Crippen molar-refractivity contribution in [2.24, 2.45) is 5.73 Å². The van der Waals surface area contributed by atoms with Crippen LogP contribution in [-0.2, 0) is 4.79 Å². The van der Waals surface area contributed by atoms with E-state index in [1.165, 1.54) is 0 Å².